The van der Waals surface area contributed by atoms with E-state index >= 15 is 0 Å². The van der Waals surface area contributed by atoms with Crippen molar-refractivity contribution in [2.24, 2.45) is 0 Å². The van der Waals surface area contributed by atoms with Crippen LogP contribution in [0.25, 0.3) is 11.1 Å². The molecule has 6 heteroatoms. The smallest absolute Gasteiger partial charge is 0.335 e. The molecule has 31 heavy (non-hydrogen) atoms. The average Bonchev–Trinajstić information content (AvgIpc) is 3.12. The van der Waals surface area contributed by atoms with E-state index in [9.17, 15) is 4.79 Å². The molecule has 0 saturated heterocycles. The average molecular weight is 418 g/mol. The summed E-state index contributed by atoms with van der Waals surface area (Å²) < 4.78 is 16.3. The van der Waals surface area contributed by atoms with Crippen molar-refractivity contribution in [1.82, 2.24) is 9.97 Å². The standard InChI is InChI=1S/C25H26N2O4/c1-3-30-25(28)23(29-2)15-17-6-8-18(9-7-17)31-14-11-21-22-16-26-13-10-19(22)20-5-4-12-27-24(20)21/h4-10,12-13,16,21,23H,3,11,14-15H2,1-2H3. The minimum Gasteiger partial charge on any atom is -0.494 e. The summed E-state index contributed by atoms with van der Waals surface area (Å²) >= 11 is 0. The van der Waals surface area contributed by atoms with Gasteiger partial charge in [-0.2, -0.15) is 0 Å². The first kappa shape index (κ1) is 21.0. The van der Waals surface area contributed by atoms with Crippen molar-refractivity contribution in [3.8, 4) is 16.9 Å². The lowest BCUT2D eigenvalue weighted by molar-refractivity contribution is -0.154. The first-order valence-corrected chi connectivity index (χ1v) is 10.5. The van der Waals surface area contributed by atoms with Crippen LogP contribution in [0.2, 0.25) is 0 Å². The molecule has 3 aromatic rings. The summed E-state index contributed by atoms with van der Waals surface area (Å²) in [7, 11) is 1.52. The molecule has 0 N–H and O–H groups in total. The Labute approximate surface area is 182 Å². The number of fused-ring (bicyclic) bond motifs is 3. The van der Waals surface area contributed by atoms with E-state index in [0.717, 1.165) is 23.4 Å². The first-order valence-electron chi connectivity index (χ1n) is 10.5. The largest absolute Gasteiger partial charge is 0.494 e. The van der Waals surface area contributed by atoms with Crippen LogP contribution in [0.1, 0.15) is 36.1 Å². The number of ether oxygens (including phenoxy) is 3. The number of aromatic nitrogens is 2. The second kappa shape index (κ2) is 9.71. The quantitative estimate of drug-likeness (QED) is 0.486. The van der Waals surface area contributed by atoms with E-state index in [-0.39, 0.29) is 11.9 Å². The summed E-state index contributed by atoms with van der Waals surface area (Å²) in [5.74, 6) is 0.635. The van der Waals surface area contributed by atoms with Crippen LogP contribution in [0, 0.1) is 0 Å². The summed E-state index contributed by atoms with van der Waals surface area (Å²) in [6.07, 6.45) is 6.28. The van der Waals surface area contributed by atoms with Gasteiger partial charge in [0.05, 0.1) is 18.9 Å². The Morgan fingerprint density at radius 1 is 1.10 bits per heavy atom. The van der Waals surface area contributed by atoms with Crippen molar-refractivity contribution in [2.45, 2.75) is 31.8 Å². The van der Waals surface area contributed by atoms with Crippen molar-refractivity contribution in [3.05, 3.63) is 77.9 Å². The Bertz CT molecular complexity index is 990. The molecular formula is C25H26N2O4. The molecule has 4 rings (SSSR count). The lowest BCUT2D eigenvalue weighted by Gasteiger charge is -2.15. The number of rotatable bonds is 9. The normalized spacial score (nSPS) is 15.1. The highest BCUT2D eigenvalue weighted by Gasteiger charge is 2.29. The van der Waals surface area contributed by atoms with E-state index in [0.29, 0.717) is 19.6 Å². The Hall–Kier alpha value is -3.25. The van der Waals surface area contributed by atoms with Crippen LogP contribution in [-0.4, -0.2) is 42.4 Å². The van der Waals surface area contributed by atoms with Crippen LogP contribution in [0.3, 0.4) is 0 Å². The molecule has 0 spiro atoms. The van der Waals surface area contributed by atoms with Gasteiger partial charge >= 0.3 is 5.97 Å². The van der Waals surface area contributed by atoms with Crippen molar-refractivity contribution in [1.29, 1.82) is 0 Å². The minimum atomic E-state index is -0.602. The number of carbonyl (C=O) groups excluding carboxylic acids is 1. The molecule has 0 aliphatic heterocycles. The monoisotopic (exact) mass is 418 g/mol. The van der Waals surface area contributed by atoms with Crippen LogP contribution in [0.5, 0.6) is 5.75 Å². The highest BCUT2D eigenvalue weighted by molar-refractivity contribution is 5.76. The second-order valence-electron chi connectivity index (χ2n) is 7.41. The molecule has 1 aliphatic carbocycles. The maximum atomic E-state index is 11.9. The van der Waals surface area contributed by atoms with Gasteiger partial charge in [0.2, 0.25) is 0 Å². The Kier molecular flexibility index (Phi) is 6.57. The molecule has 2 aromatic heterocycles. The third kappa shape index (κ3) is 4.59. The van der Waals surface area contributed by atoms with Crippen molar-refractivity contribution in [2.75, 3.05) is 20.3 Å². The molecule has 1 aliphatic rings. The maximum absolute atomic E-state index is 11.9. The molecule has 0 bridgehead atoms. The van der Waals surface area contributed by atoms with Gasteiger partial charge in [-0.3, -0.25) is 9.97 Å². The van der Waals surface area contributed by atoms with Crippen molar-refractivity contribution >= 4 is 5.97 Å². The number of hydrogen-bond acceptors (Lipinski definition) is 6. The molecule has 0 fully saturated rings. The molecule has 2 unspecified atom stereocenters. The Morgan fingerprint density at radius 2 is 1.94 bits per heavy atom. The molecule has 160 valence electrons. The van der Waals surface area contributed by atoms with Gasteiger partial charge in [0, 0.05) is 43.6 Å². The maximum Gasteiger partial charge on any atom is 0.335 e. The number of methoxy groups -OCH3 is 1. The van der Waals surface area contributed by atoms with Crippen molar-refractivity contribution < 1.29 is 19.0 Å². The number of hydrogen-bond donors (Lipinski definition) is 0. The van der Waals surface area contributed by atoms with Gasteiger partial charge < -0.3 is 14.2 Å². The molecule has 6 nitrogen and oxygen atoms in total. The number of benzene rings is 1. The van der Waals surface area contributed by atoms with Crippen LogP contribution in [0.4, 0.5) is 0 Å². The van der Waals surface area contributed by atoms with E-state index in [2.05, 4.69) is 22.1 Å². The highest BCUT2D eigenvalue weighted by Crippen LogP contribution is 2.44. The predicted octanol–water partition coefficient (Wildman–Crippen LogP) is 4.18. The van der Waals surface area contributed by atoms with Gasteiger partial charge in [-0.25, -0.2) is 4.79 Å². The van der Waals surface area contributed by atoms with E-state index in [1.54, 1.807) is 6.92 Å². The lowest BCUT2D eigenvalue weighted by Crippen LogP contribution is -2.27. The number of nitrogens with zero attached hydrogens (tertiary/aromatic N) is 2. The molecule has 0 radical (unpaired) electrons. The topological polar surface area (TPSA) is 70.5 Å². The highest BCUT2D eigenvalue weighted by atomic mass is 16.6. The summed E-state index contributed by atoms with van der Waals surface area (Å²) in [4.78, 5) is 20.8. The van der Waals surface area contributed by atoms with Crippen molar-refractivity contribution in [3.63, 3.8) is 0 Å². The van der Waals surface area contributed by atoms with E-state index in [1.165, 1.54) is 23.8 Å². The SMILES string of the molecule is CCOC(=O)C(Cc1ccc(OCCC2c3cnccc3-c3cccnc32)cc1)OC. The molecule has 1 aromatic carbocycles. The van der Waals surface area contributed by atoms with Gasteiger partial charge in [0.1, 0.15) is 5.75 Å². The zero-order valence-corrected chi connectivity index (χ0v) is 17.8. The summed E-state index contributed by atoms with van der Waals surface area (Å²) in [6, 6.07) is 13.9. The molecular weight excluding hydrogens is 392 g/mol. The van der Waals surface area contributed by atoms with Gasteiger partial charge in [0.25, 0.3) is 0 Å². The first-order chi connectivity index (χ1) is 15.2. The summed E-state index contributed by atoms with van der Waals surface area (Å²) in [6.45, 7) is 2.69. The lowest BCUT2D eigenvalue weighted by atomic mass is 9.98. The fourth-order valence-corrected chi connectivity index (χ4v) is 4.02. The Morgan fingerprint density at radius 3 is 2.71 bits per heavy atom. The molecule has 2 heterocycles. The van der Waals surface area contributed by atoms with E-state index < -0.39 is 6.10 Å². The van der Waals surface area contributed by atoms with Gasteiger partial charge in [0.15, 0.2) is 6.10 Å². The summed E-state index contributed by atoms with van der Waals surface area (Å²) in [5, 5.41) is 0. The van der Waals surface area contributed by atoms with Crippen LogP contribution in [0.15, 0.2) is 61.1 Å². The molecule has 0 amide bonds. The zero-order valence-electron chi connectivity index (χ0n) is 17.8. The Balaban J connectivity index is 1.36. The van der Waals surface area contributed by atoms with E-state index in [4.69, 9.17) is 14.2 Å². The minimum absolute atomic E-state index is 0.186. The molecule has 0 saturated carbocycles. The summed E-state index contributed by atoms with van der Waals surface area (Å²) in [5.41, 5.74) is 5.68. The van der Waals surface area contributed by atoms with Gasteiger partial charge in [-0.05, 0) is 54.3 Å². The molecule has 2 atom stereocenters. The van der Waals surface area contributed by atoms with Gasteiger partial charge in [-0.15, -0.1) is 0 Å². The van der Waals surface area contributed by atoms with Gasteiger partial charge in [-0.1, -0.05) is 18.2 Å². The fourth-order valence-electron chi connectivity index (χ4n) is 4.02. The van der Waals surface area contributed by atoms with E-state index in [1.807, 2.05) is 48.9 Å². The number of carbonyl (C=O) groups is 1. The number of pyridine rings is 2. The second-order valence-corrected chi connectivity index (χ2v) is 7.41. The predicted molar refractivity (Wildman–Crippen MR) is 117 cm³/mol. The number of esters is 1. The van der Waals surface area contributed by atoms with Crippen LogP contribution < -0.4 is 4.74 Å². The van der Waals surface area contributed by atoms with Crippen LogP contribution >= 0.6 is 0 Å². The van der Waals surface area contributed by atoms with Crippen LogP contribution in [-0.2, 0) is 20.7 Å². The third-order valence-electron chi connectivity index (χ3n) is 5.54. The fraction of sp³-hybridized carbons (Fsp3) is 0.320. The zero-order chi connectivity index (χ0) is 21.6. The third-order valence-corrected chi connectivity index (χ3v) is 5.54.